The Labute approximate surface area is 146 Å². The molecule has 0 aromatic heterocycles. The Kier molecular flexibility index (Phi) is 5.77. The summed E-state index contributed by atoms with van der Waals surface area (Å²) in [7, 11) is 0. The average molecular weight is 329 g/mol. The molecule has 1 atom stereocenters. The van der Waals surface area contributed by atoms with Crippen molar-refractivity contribution in [3.05, 3.63) is 35.9 Å². The summed E-state index contributed by atoms with van der Waals surface area (Å²) in [5.41, 5.74) is 1.40. The van der Waals surface area contributed by atoms with Crippen LogP contribution < -0.4 is 10.6 Å². The van der Waals surface area contributed by atoms with Gasteiger partial charge in [-0.05, 0) is 49.1 Å². The predicted molar refractivity (Wildman–Crippen MR) is 98.1 cm³/mol. The van der Waals surface area contributed by atoms with Gasteiger partial charge in [0.2, 0.25) is 0 Å². The Morgan fingerprint density at radius 1 is 1.25 bits per heavy atom. The van der Waals surface area contributed by atoms with Crippen LogP contribution in [0.1, 0.15) is 44.6 Å². The van der Waals surface area contributed by atoms with Gasteiger partial charge in [-0.2, -0.15) is 0 Å². The number of urea groups is 1. The smallest absolute Gasteiger partial charge is 0.315 e. The minimum atomic E-state index is 0.00817. The molecule has 1 unspecified atom stereocenters. The van der Waals surface area contributed by atoms with Crippen molar-refractivity contribution in [1.29, 1.82) is 0 Å². The van der Waals surface area contributed by atoms with E-state index in [9.17, 15) is 4.79 Å². The largest absolute Gasteiger partial charge is 0.338 e. The third-order valence-electron chi connectivity index (χ3n) is 5.29. The zero-order valence-corrected chi connectivity index (χ0v) is 15.0. The number of amides is 2. The van der Waals surface area contributed by atoms with Gasteiger partial charge in [0, 0.05) is 25.7 Å². The summed E-state index contributed by atoms with van der Waals surface area (Å²) in [5.74, 6) is 1.93. The van der Waals surface area contributed by atoms with Crippen LogP contribution in [0.5, 0.6) is 0 Å². The number of carbonyl (C=O) groups is 1. The molecule has 1 saturated carbocycles. The van der Waals surface area contributed by atoms with E-state index in [1.807, 2.05) is 0 Å². The van der Waals surface area contributed by atoms with E-state index in [4.69, 9.17) is 0 Å². The van der Waals surface area contributed by atoms with Gasteiger partial charge in [0.25, 0.3) is 0 Å². The molecule has 2 N–H and O–H groups in total. The van der Waals surface area contributed by atoms with Gasteiger partial charge in [-0.15, -0.1) is 0 Å². The van der Waals surface area contributed by atoms with Crippen LogP contribution in [0.4, 0.5) is 4.79 Å². The number of likely N-dealkylation sites (tertiary alicyclic amines) is 1. The first-order valence-electron chi connectivity index (χ1n) is 9.42. The Morgan fingerprint density at radius 2 is 2.00 bits per heavy atom. The Morgan fingerprint density at radius 3 is 2.71 bits per heavy atom. The topological polar surface area (TPSA) is 44.4 Å². The monoisotopic (exact) mass is 329 g/mol. The SMILES string of the molecule is CC(C)CN1CCC(CNC(=O)NC2CC(c3ccccc3)C2)C1. The van der Waals surface area contributed by atoms with Crippen molar-refractivity contribution >= 4 is 6.03 Å². The summed E-state index contributed by atoms with van der Waals surface area (Å²) in [5, 5.41) is 6.20. The molecule has 24 heavy (non-hydrogen) atoms. The van der Waals surface area contributed by atoms with E-state index in [-0.39, 0.29) is 6.03 Å². The average Bonchev–Trinajstić information content (AvgIpc) is 2.96. The number of hydrogen-bond acceptors (Lipinski definition) is 2. The van der Waals surface area contributed by atoms with Crippen molar-refractivity contribution in [1.82, 2.24) is 15.5 Å². The summed E-state index contributed by atoms with van der Waals surface area (Å²) in [6, 6.07) is 10.9. The highest BCUT2D eigenvalue weighted by Gasteiger charge is 2.31. The molecule has 1 aromatic rings. The molecule has 4 nitrogen and oxygen atoms in total. The van der Waals surface area contributed by atoms with Crippen LogP contribution in [0.3, 0.4) is 0 Å². The van der Waals surface area contributed by atoms with Crippen LogP contribution in [0.25, 0.3) is 0 Å². The maximum Gasteiger partial charge on any atom is 0.315 e. The van der Waals surface area contributed by atoms with Crippen LogP contribution in [0, 0.1) is 11.8 Å². The highest BCUT2D eigenvalue weighted by Crippen LogP contribution is 2.36. The zero-order valence-electron chi connectivity index (χ0n) is 15.0. The van der Waals surface area contributed by atoms with Crippen molar-refractivity contribution < 1.29 is 4.79 Å². The van der Waals surface area contributed by atoms with E-state index in [0.29, 0.717) is 17.9 Å². The molecule has 1 aliphatic heterocycles. The Hall–Kier alpha value is -1.55. The fourth-order valence-corrected chi connectivity index (χ4v) is 3.97. The van der Waals surface area contributed by atoms with Gasteiger partial charge >= 0.3 is 6.03 Å². The number of nitrogens with zero attached hydrogens (tertiary/aromatic N) is 1. The number of hydrogen-bond donors (Lipinski definition) is 2. The van der Waals surface area contributed by atoms with E-state index < -0.39 is 0 Å². The van der Waals surface area contributed by atoms with E-state index in [1.165, 1.54) is 25.1 Å². The van der Waals surface area contributed by atoms with Gasteiger partial charge < -0.3 is 15.5 Å². The standard InChI is InChI=1S/C20H31N3O/c1-15(2)13-23-9-8-16(14-23)12-21-20(24)22-19-10-18(11-19)17-6-4-3-5-7-17/h3-7,15-16,18-19H,8-14H2,1-2H3,(H2,21,22,24). The molecule has 4 heteroatoms. The van der Waals surface area contributed by atoms with Crippen LogP contribution in [0.2, 0.25) is 0 Å². The highest BCUT2D eigenvalue weighted by atomic mass is 16.2. The van der Waals surface area contributed by atoms with Crippen LogP contribution in [-0.2, 0) is 0 Å². The first-order chi connectivity index (χ1) is 11.6. The molecule has 1 aliphatic carbocycles. The molecule has 2 amide bonds. The zero-order chi connectivity index (χ0) is 16.9. The molecule has 1 aromatic carbocycles. The van der Waals surface area contributed by atoms with Gasteiger partial charge in [0.05, 0.1) is 0 Å². The quantitative estimate of drug-likeness (QED) is 0.842. The molecular weight excluding hydrogens is 298 g/mol. The molecule has 132 valence electrons. The minimum Gasteiger partial charge on any atom is -0.338 e. The normalized spacial score (nSPS) is 27.0. The number of nitrogens with one attached hydrogen (secondary N) is 2. The molecule has 0 bridgehead atoms. The van der Waals surface area contributed by atoms with E-state index in [2.05, 4.69) is 59.7 Å². The van der Waals surface area contributed by atoms with Gasteiger partial charge in [0.1, 0.15) is 0 Å². The van der Waals surface area contributed by atoms with Crippen LogP contribution >= 0.6 is 0 Å². The third-order valence-corrected chi connectivity index (χ3v) is 5.29. The lowest BCUT2D eigenvalue weighted by atomic mass is 9.76. The van der Waals surface area contributed by atoms with Crippen LogP contribution in [0.15, 0.2) is 30.3 Å². The summed E-state index contributed by atoms with van der Waals surface area (Å²) >= 11 is 0. The maximum atomic E-state index is 12.1. The molecule has 2 aliphatic rings. The molecule has 3 rings (SSSR count). The van der Waals surface area contributed by atoms with Crippen molar-refractivity contribution in [2.24, 2.45) is 11.8 Å². The van der Waals surface area contributed by atoms with Gasteiger partial charge in [0.15, 0.2) is 0 Å². The second-order valence-corrected chi connectivity index (χ2v) is 7.94. The van der Waals surface area contributed by atoms with E-state index in [1.54, 1.807) is 0 Å². The first-order valence-corrected chi connectivity index (χ1v) is 9.42. The highest BCUT2D eigenvalue weighted by molar-refractivity contribution is 5.74. The summed E-state index contributed by atoms with van der Waals surface area (Å²) in [4.78, 5) is 14.6. The Bertz CT molecular complexity index is 525. The second-order valence-electron chi connectivity index (χ2n) is 7.94. The Balaban J connectivity index is 1.30. The lowest BCUT2D eigenvalue weighted by molar-refractivity contribution is 0.220. The lowest BCUT2D eigenvalue weighted by Crippen LogP contribution is -2.48. The van der Waals surface area contributed by atoms with E-state index >= 15 is 0 Å². The second kappa shape index (κ2) is 8.02. The molecule has 0 radical (unpaired) electrons. The van der Waals surface area contributed by atoms with Crippen molar-refractivity contribution in [3.8, 4) is 0 Å². The molecule has 1 saturated heterocycles. The predicted octanol–water partition coefficient (Wildman–Crippen LogP) is 3.21. The van der Waals surface area contributed by atoms with Crippen molar-refractivity contribution in [3.63, 3.8) is 0 Å². The van der Waals surface area contributed by atoms with Gasteiger partial charge in [-0.25, -0.2) is 4.79 Å². The molecular formula is C20H31N3O. The molecule has 0 spiro atoms. The number of benzene rings is 1. The lowest BCUT2D eigenvalue weighted by Gasteiger charge is -2.36. The molecule has 1 heterocycles. The van der Waals surface area contributed by atoms with Gasteiger partial charge in [-0.3, -0.25) is 0 Å². The number of carbonyl (C=O) groups excluding carboxylic acids is 1. The summed E-state index contributed by atoms with van der Waals surface area (Å²) in [6.45, 7) is 8.80. The van der Waals surface area contributed by atoms with Crippen LogP contribution in [-0.4, -0.2) is 43.2 Å². The number of rotatable bonds is 6. The summed E-state index contributed by atoms with van der Waals surface area (Å²) in [6.07, 6.45) is 3.32. The summed E-state index contributed by atoms with van der Waals surface area (Å²) < 4.78 is 0. The first kappa shape index (κ1) is 17.3. The van der Waals surface area contributed by atoms with E-state index in [0.717, 1.165) is 31.8 Å². The minimum absolute atomic E-state index is 0.00817. The third kappa shape index (κ3) is 4.73. The van der Waals surface area contributed by atoms with Crippen molar-refractivity contribution in [2.75, 3.05) is 26.2 Å². The van der Waals surface area contributed by atoms with Gasteiger partial charge in [-0.1, -0.05) is 44.2 Å². The fourth-order valence-electron chi connectivity index (χ4n) is 3.97. The molecule has 2 fully saturated rings. The fraction of sp³-hybridized carbons (Fsp3) is 0.650. The van der Waals surface area contributed by atoms with Crippen molar-refractivity contribution in [2.45, 2.75) is 45.1 Å². The maximum absolute atomic E-state index is 12.1.